The van der Waals surface area contributed by atoms with Gasteiger partial charge in [-0.05, 0) is 32.9 Å². The Morgan fingerprint density at radius 2 is 2.07 bits per heavy atom. The number of nitrogens with one attached hydrogen (secondary N) is 1. The highest BCUT2D eigenvalue weighted by Crippen LogP contribution is 2.09. The standard InChI is InChI=1S/C18H32N4O4S/c1-4-19-18(20-8-7-17-6-5-13-26-17)21-9-11-22(12-10-21)27(23,24)15-14-25-16(2)3/h5-6,13,16H,4,7-12,14-15H2,1-3H3,(H,19,20). The van der Waals surface area contributed by atoms with Gasteiger partial charge in [0, 0.05) is 45.7 Å². The highest BCUT2D eigenvalue weighted by Gasteiger charge is 2.27. The normalized spacial score (nSPS) is 16.9. The van der Waals surface area contributed by atoms with Crippen LogP contribution in [0.1, 0.15) is 26.5 Å². The lowest BCUT2D eigenvalue weighted by Gasteiger charge is -2.35. The van der Waals surface area contributed by atoms with E-state index in [4.69, 9.17) is 9.15 Å². The predicted molar refractivity (Wildman–Crippen MR) is 106 cm³/mol. The molecule has 0 saturated carbocycles. The van der Waals surface area contributed by atoms with Gasteiger partial charge >= 0.3 is 0 Å². The molecule has 0 unspecified atom stereocenters. The van der Waals surface area contributed by atoms with E-state index in [0.29, 0.717) is 32.7 Å². The molecule has 0 bridgehead atoms. The SMILES string of the molecule is CCNC(=NCCc1ccco1)N1CCN(S(=O)(=O)CCOC(C)C)CC1. The number of rotatable bonds is 9. The predicted octanol–water partition coefficient (Wildman–Crippen LogP) is 1.16. The number of sulfonamides is 1. The summed E-state index contributed by atoms with van der Waals surface area (Å²) in [6, 6.07) is 3.81. The Kier molecular flexibility index (Phi) is 8.59. The smallest absolute Gasteiger partial charge is 0.216 e. The number of ether oxygens (including phenoxy) is 1. The lowest BCUT2D eigenvalue weighted by Crippen LogP contribution is -2.54. The molecular weight excluding hydrogens is 368 g/mol. The van der Waals surface area contributed by atoms with Crippen molar-refractivity contribution in [1.29, 1.82) is 0 Å². The molecule has 1 aliphatic heterocycles. The van der Waals surface area contributed by atoms with Crippen molar-refractivity contribution in [2.45, 2.75) is 33.3 Å². The second-order valence-corrected chi connectivity index (χ2v) is 8.78. The van der Waals surface area contributed by atoms with Crippen LogP contribution in [0.4, 0.5) is 0 Å². The summed E-state index contributed by atoms with van der Waals surface area (Å²) in [5, 5.41) is 3.29. The lowest BCUT2D eigenvalue weighted by molar-refractivity contribution is 0.0904. The van der Waals surface area contributed by atoms with Crippen LogP contribution in [0.3, 0.4) is 0 Å². The van der Waals surface area contributed by atoms with Gasteiger partial charge in [0.25, 0.3) is 0 Å². The minimum atomic E-state index is -3.28. The van der Waals surface area contributed by atoms with E-state index in [1.165, 1.54) is 0 Å². The van der Waals surface area contributed by atoms with E-state index in [1.807, 2.05) is 32.9 Å². The molecule has 1 fully saturated rings. The van der Waals surface area contributed by atoms with E-state index in [-0.39, 0.29) is 18.5 Å². The molecule has 0 radical (unpaired) electrons. The first-order chi connectivity index (χ1) is 12.9. The molecule has 2 rings (SSSR count). The monoisotopic (exact) mass is 400 g/mol. The van der Waals surface area contributed by atoms with Crippen molar-refractivity contribution in [3.05, 3.63) is 24.2 Å². The van der Waals surface area contributed by atoms with Crippen LogP contribution >= 0.6 is 0 Å². The minimum Gasteiger partial charge on any atom is -0.469 e. The number of guanidine groups is 1. The maximum Gasteiger partial charge on any atom is 0.216 e. The molecule has 9 heteroatoms. The van der Waals surface area contributed by atoms with Crippen LogP contribution in [-0.4, -0.2) is 81.3 Å². The fraction of sp³-hybridized carbons (Fsp3) is 0.722. The van der Waals surface area contributed by atoms with E-state index < -0.39 is 10.0 Å². The third-order valence-corrected chi connectivity index (χ3v) is 6.09. The molecule has 2 heterocycles. The Morgan fingerprint density at radius 1 is 1.33 bits per heavy atom. The second kappa shape index (κ2) is 10.7. The molecule has 0 aliphatic carbocycles. The Hall–Kier alpha value is -1.58. The highest BCUT2D eigenvalue weighted by atomic mass is 32.2. The maximum absolute atomic E-state index is 12.4. The summed E-state index contributed by atoms with van der Waals surface area (Å²) in [5.41, 5.74) is 0. The largest absolute Gasteiger partial charge is 0.469 e. The van der Waals surface area contributed by atoms with E-state index >= 15 is 0 Å². The fourth-order valence-electron chi connectivity index (χ4n) is 2.85. The molecule has 154 valence electrons. The maximum atomic E-state index is 12.4. The molecule has 1 N–H and O–H groups in total. The molecule has 1 saturated heterocycles. The van der Waals surface area contributed by atoms with Crippen molar-refractivity contribution >= 4 is 16.0 Å². The zero-order valence-electron chi connectivity index (χ0n) is 16.6. The minimum absolute atomic E-state index is 0.0302. The van der Waals surface area contributed by atoms with Crippen LogP contribution < -0.4 is 5.32 Å². The van der Waals surface area contributed by atoms with Gasteiger partial charge in [0.1, 0.15) is 5.76 Å². The van der Waals surface area contributed by atoms with E-state index in [1.54, 1.807) is 10.6 Å². The summed E-state index contributed by atoms with van der Waals surface area (Å²) in [5.74, 6) is 1.76. The van der Waals surface area contributed by atoms with Crippen molar-refractivity contribution < 1.29 is 17.6 Å². The molecular formula is C18H32N4O4S. The van der Waals surface area contributed by atoms with Crippen LogP contribution in [0.25, 0.3) is 0 Å². The summed E-state index contributed by atoms with van der Waals surface area (Å²) >= 11 is 0. The Bertz CT molecular complexity index is 666. The van der Waals surface area contributed by atoms with Gasteiger partial charge in [-0.15, -0.1) is 0 Å². The van der Waals surface area contributed by atoms with Crippen LogP contribution in [-0.2, 0) is 21.2 Å². The first-order valence-electron chi connectivity index (χ1n) is 9.57. The van der Waals surface area contributed by atoms with Crippen LogP contribution in [0.2, 0.25) is 0 Å². The molecule has 0 aromatic carbocycles. The van der Waals surface area contributed by atoms with Gasteiger partial charge in [-0.1, -0.05) is 0 Å². The number of aliphatic imine (C=N–C) groups is 1. The van der Waals surface area contributed by atoms with Crippen LogP contribution in [0, 0.1) is 0 Å². The lowest BCUT2D eigenvalue weighted by atomic mass is 10.3. The van der Waals surface area contributed by atoms with E-state index in [2.05, 4.69) is 15.2 Å². The quantitative estimate of drug-likeness (QED) is 0.494. The molecule has 27 heavy (non-hydrogen) atoms. The third-order valence-electron chi connectivity index (χ3n) is 4.26. The van der Waals surface area contributed by atoms with Crippen molar-refractivity contribution in [3.63, 3.8) is 0 Å². The topological polar surface area (TPSA) is 87.4 Å². The number of hydrogen-bond acceptors (Lipinski definition) is 5. The average Bonchev–Trinajstić information content (AvgIpc) is 3.14. The summed E-state index contributed by atoms with van der Waals surface area (Å²) < 4.78 is 37.2. The van der Waals surface area contributed by atoms with E-state index in [0.717, 1.165) is 24.7 Å². The van der Waals surface area contributed by atoms with Gasteiger partial charge in [0.15, 0.2) is 5.96 Å². The van der Waals surface area contributed by atoms with Crippen molar-refractivity contribution in [2.75, 3.05) is 51.6 Å². The van der Waals surface area contributed by atoms with Crippen molar-refractivity contribution in [1.82, 2.24) is 14.5 Å². The molecule has 0 spiro atoms. The van der Waals surface area contributed by atoms with Crippen LogP contribution in [0.5, 0.6) is 0 Å². The van der Waals surface area contributed by atoms with Gasteiger partial charge in [-0.25, -0.2) is 8.42 Å². The first kappa shape index (κ1) is 21.7. The summed E-state index contributed by atoms with van der Waals surface area (Å²) in [4.78, 5) is 6.77. The van der Waals surface area contributed by atoms with Crippen molar-refractivity contribution in [2.24, 2.45) is 4.99 Å². The van der Waals surface area contributed by atoms with Gasteiger partial charge in [-0.3, -0.25) is 4.99 Å². The third kappa shape index (κ3) is 7.15. The van der Waals surface area contributed by atoms with Crippen molar-refractivity contribution in [3.8, 4) is 0 Å². The van der Waals surface area contributed by atoms with Gasteiger partial charge in [-0.2, -0.15) is 4.31 Å². The molecule has 1 aromatic rings. The molecule has 0 atom stereocenters. The first-order valence-corrected chi connectivity index (χ1v) is 11.2. The number of nitrogens with zero attached hydrogens (tertiary/aromatic N) is 3. The summed E-state index contributed by atoms with van der Waals surface area (Å²) in [6.07, 6.45) is 2.44. The number of hydrogen-bond donors (Lipinski definition) is 1. The Morgan fingerprint density at radius 3 is 2.67 bits per heavy atom. The van der Waals surface area contributed by atoms with E-state index in [9.17, 15) is 8.42 Å². The molecule has 1 aromatic heterocycles. The number of piperazine rings is 1. The second-order valence-electron chi connectivity index (χ2n) is 6.69. The summed E-state index contributed by atoms with van der Waals surface area (Å²) in [7, 11) is -3.28. The fourth-order valence-corrected chi connectivity index (χ4v) is 4.13. The Labute approximate surface area is 162 Å². The highest BCUT2D eigenvalue weighted by molar-refractivity contribution is 7.89. The van der Waals surface area contributed by atoms with Gasteiger partial charge in [0.05, 0.1) is 24.7 Å². The summed E-state index contributed by atoms with van der Waals surface area (Å²) in [6.45, 7) is 9.63. The van der Waals surface area contributed by atoms with Gasteiger partial charge < -0.3 is 19.4 Å². The molecule has 8 nitrogen and oxygen atoms in total. The van der Waals surface area contributed by atoms with Gasteiger partial charge in [0.2, 0.25) is 10.0 Å². The average molecular weight is 401 g/mol. The van der Waals surface area contributed by atoms with Crippen LogP contribution in [0.15, 0.2) is 27.8 Å². The Balaban J connectivity index is 1.85. The zero-order valence-corrected chi connectivity index (χ0v) is 17.4. The zero-order chi connectivity index (χ0) is 19.7. The number of furan rings is 1. The molecule has 1 aliphatic rings. The molecule has 0 amide bonds.